The van der Waals surface area contributed by atoms with Gasteiger partial charge in [0.05, 0.1) is 11.4 Å². The van der Waals surface area contributed by atoms with Crippen LogP contribution in [0.25, 0.3) is 0 Å². The van der Waals surface area contributed by atoms with Crippen LogP contribution in [0, 0.1) is 0 Å². The van der Waals surface area contributed by atoms with Gasteiger partial charge < -0.3 is 5.32 Å². The highest BCUT2D eigenvalue weighted by Crippen LogP contribution is 2.20. The third kappa shape index (κ3) is 2.80. The van der Waals surface area contributed by atoms with Crippen LogP contribution in [-0.2, 0) is 13.5 Å². The molecule has 2 rings (SSSR count). The van der Waals surface area contributed by atoms with Crippen LogP contribution in [0.4, 0.5) is 5.69 Å². The molecule has 1 aliphatic heterocycles. The topological polar surface area (TPSA) is 33.1 Å². The molecule has 1 saturated heterocycles. The van der Waals surface area contributed by atoms with E-state index in [1.54, 1.807) is 0 Å². The van der Waals surface area contributed by atoms with Gasteiger partial charge in [-0.3, -0.25) is 9.58 Å². The van der Waals surface area contributed by atoms with Gasteiger partial charge >= 0.3 is 0 Å². The SMILES string of the molecule is CCc1nn(C)cc1NC1CCN(C(C)C)C1. The molecule has 0 aliphatic carbocycles. The molecular weight excluding hydrogens is 212 g/mol. The van der Waals surface area contributed by atoms with Crippen molar-refractivity contribution in [1.29, 1.82) is 0 Å². The first-order valence-corrected chi connectivity index (χ1v) is 6.63. The summed E-state index contributed by atoms with van der Waals surface area (Å²) in [6, 6.07) is 1.23. The van der Waals surface area contributed by atoms with Crippen molar-refractivity contribution in [3.8, 4) is 0 Å². The third-order valence-electron chi connectivity index (χ3n) is 3.55. The highest BCUT2D eigenvalue weighted by atomic mass is 15.3. The molecule has 1 aliphatic rings. The lowest BCUT2D eigenvalue weighted by molar-refractivity contribution is 0.274. The molecule has 1 unspecified atom stereocenters. The van der Waals surface area contributed by atoms with Crippen LogP contribution in [0.5, 0.6) is 0 Å². The second-order valence-corrected chi connectivity index (χ2v) is 5.24. The maximum Gasteiger partial charge on any atom is 0.0853 e. The Balaban J connectivity index is 1.97. The van der Waals surface area contributed by atoms with Gasteiger partial charge in [-0.25, -0.2) is 0 Å². The van der Waals surface area contributed by atoms with E-state index < -0.39 is 0 Å². The molecule has 17 heavy (non-hydrogen) atoms. The Morgan fingerprint density at radius 3 is 2.88 bits per heavy atom. The zero-order valence-electron chi connectivity index (χ0n) is 11.4. The minimum absolute atomic E-state index is 0.576. The molecule has 1 N–H and O–H groups in total. The van der Waals surface area contributed by atoms with Gasteiger partial charge in [-0.2, -0.15) is 5.10 Å². The van der Waals surface area contributed by atoms with Crippen molar-refractivity contribution >= 4 is 5.69 Å². The number of aromatic nitrogens is 2. The van der Waals surface area contributed by atoms with Gasteiger partial charge in [-0.15, -0.1) is 0 Å². The molecule has 0 bridgehead atoms. The van der Waals surface area contributed by atoms with Crippen molar-refractivity contribution in [3.05, 3.63) is 11.9 Å². The predicted molar refractivity (Wildman–Crippen MR) is 71.3 cm³/mol. The summed E-state index contributed by atoms with van der Waals surface area (Å²) in [5.74, 6) is 0. The van der Waals surface area contributed by atoms with Gasteiger partial charge in [0.15, 0.2) is 0 Å². The fraction of sp³-hybridized carbons (Fsp3) is 0.769. The highest BCUT2D eigenvalue weighted by molar-refractivity contribution is 5.47. The molecule has 0 amide bonds. The lowest BCUT2D eigenvalue weighted by Crippen LogP contribution is -2.31. The zero-order valence-corrected chi connectivity index (χ0v) is 11.4. The second-order valence-electron chi connectivity index (χ2n) is 5.24. The molecular formula is C13H24N4. The van der Waals surface area contributed by atoms with Gasteiger partial charge in [-0.05, 0) is 26.7 Å². The molecule has 4 heteroatoms. The van der Waals surface area contributed by atoms with E-state index in [-0.39, 0.29) is 0 Å². The summed E-state index contributed by atoms with van der Waals surface area (Å²) in [7, 11) is 1.99. The summed E-state index contributed by atoms with van der Waals surface area (Å²) in [5.41, 5.74) is 2.39. The van der Waals surface area contributed by atoms with E-state index in [2.05, 4.69) is 42.3 Å². The van der Waals surface area contributed by atoms with Crippen molar-refractivity contribution in [3.63, 3.8) is 0 Å². The van der Waals surface area contributed by atoms with E-state index in [9.17, 15) is 0 Å². The second kappa shape index (κ2) is 5.08. The van der Waals surface area contributed by atoms with Gasteiger partial charge in [0.2, 0.25) is 0 Å². The van der Waals surface area contributed by atoms with Crippen LogP contribution < -0.4 is 5.32 Å². The quantitative estimate of drug-likeness (QED) is 0.866. The third-order valence-corrected chi connectivity index (χ3v) is 3.55. The van der Waals surface area contributed by atoms with Gasteiger partial charge in [0, 0.05) is 38.4 Å². The number of aryl methyl sites for hydroxylation is 2. The van der Waals surface area contributed by atoms with Crippen molar-refractivity contribution in [1.82, 2.24) is 14.7 Å². The Bertz CT molecular complexity index is 369. The van der Waals surface area contributed by atoms with Crippen LogP contribution in [0.15, 0.2) is 6.20 Å². The number of nitrogens with zero attached hydrogens (tertiary/aromatic N) is 3. The number of nitrogens with one attached hydrogen (secondary N) is 1. The fourth-order valence-corrected chi connectivity index (χ4v) is 2.51. The number of anilines is 1. The first-order valence-electron chi connectivity index (χ1n) is 6.63. The molecule has 96 valence electrons. The molecule has 2 heterocycles. The Kier molecular flexibility index (Phi) is 3.72. The molecule has 1 fully saturated rings. The van der Waals surface area contributed by atoms with Crippen molar-refractivity contribution in [2.75, 3.05) is 18.4 Å². The number of hydrogen-bond acceptors (Lipinski definition) is 3. The lowest BCUT2D eigenvalue weighted by atomic mass is 10.2. The van der Waals surface area contributed by atoms with E-state index >= 15 is 0 Å². The Hall–Kier alpha value is -1.03. The fourth-order valence-electron chi connectivity index (χ4n) is 2.51. The summed E-state index contributed by atoms with van der Waals surface area (Å²) in [6.45, 7) is 9.04. The average molecular weight is 236 g/mol. The molecule has 4 nitrogen and oxygen atoms in total. The Labute approximate surface area is 104 Å². The van der Waals surface area contributed by atoms with Gasteiger partial charge in [0.25, 0.3) is 0 Å². The molecule has 1 atom stereocenters. The number of rotatable bonds is 4. The van der Waals surface area contributed by atoms with Crippen LogP contribution in [0.1, 0.15) is 32.9 Å². The molecule has 0 spiro atoms. The maximum absolute atomic E-state index is 4.47. The first kappa shape index (κ1) is 12.4. The monoisotopic (exact) mass is 236 g/mol. The van der Waals surface area contributed by atoms with Crippen LogP contribution in [0.2, 0.25) is 0 Å². The molecule has 1 aromatic heterocycles. The summed E-state index contributed by atoms with van der Waals surface area (Å²) in [4.78, 5) is 2.53. The molecule has 1 aromatic rings. The largest absolute Gasteiger partial charge is 0.378 e. The van der Waals surface area contributed by atoms with Crippen LogP contribution >= 0.6 is 0 Å². The zero-order chi connectivity index (χ0) is 12.4. The summed E-state index contributed by atoms with van der Waals surface area (Å²) >= 11 is 0. The van der Waals surface area contributed by atoms with Crippen molar-refractivity contribution in [2.24, 2.45) is 7.05 Å². The maximum atomic E-state index is 4.47. The van der Waals surface area contributed by atoms with Gasteiger partial charge in [0.1, 0.15) is 0 Å². The molecule has 0 saturated carbocycles. The average Bonchev–Trinajstić information content (AvgIpc) is 2.86. The summed E-state index contributed by atoms with van der Waals surface area (Å²) in [5, 5.41) is 8.11. The van der Waals surface area contributed by atoms with E-state index in [0.29, 0.717) is 12.1 Å². The summed E-state index contributed by atoms with van der Waals surface area (Å²) in [6.07, 6.45) is 4.32. The van der Waals surface area contributed by atoms with E-state index in [0.717, 1.165) is 13.0 Å². The van der Waals surface area contributed by atoms with Gasteiger partial charge in [-0.1, -0.05) is 6.92 Å². The molecule has 0 radical (unpaired) electrons. The minimum Gasteiger partial charge on any atom is -0.378 e. The lowest BCUT2D eigenvalue weighted by Gasteiger charge is -2.20. The normalized spacial score (nSPS) is 21.4. The Morgan fingerprint density at radius 1 is 1.53 bits per heavy atom. The highest BCUT2D eigenvalue weighted by Gasteiger charge is 2.24. The van der Waals surface area contributed by atoms with E-state index in [1.807, 2.05) is 11.7 Å². The number of likely N-dealkylation sites (tertiary alicyclic amines) is 1. The van der Waals surface area contributed by atoms with E-state index in [1.165, 1.54) is 24.3 Å². The van der Waals surface area contributed by atoms with Crippen molar-refractivity contribution < 1.29 is 0 Å². The summed E-state index contributed by atoms with van der Waals surface area (Å²) < 4.78 is 1.90. The minimum atomic E-state index is 0.576. The van der Waals surface area contributed by atoms with Crippen molar-refractivity contribution in [2.45, 2.75) is 45.7 Å². The van der Waals surface area contributed by atoms with Crippen LogP contribution in [0.3, 0.4) is 0 Å². The first-order chi connectivity index (χ1) is 8.10. The van der Waals surface area contributed by atoms with Crippen LogP contribution in [-0.4, -0.2) is 39.9 Å². The predicted octanol–water partition coefficient (Wildman–Crippen LogP) is 1.88. The van der Waals surface area contributed by atoms with E-state index in [4.69, 9.17) is 0 Å². The Morgan fingerprint density at radius 2 is 2.29 bits per heavy atom. The molecule has 0 aromatic carbocycles. The standard InChI is InChI=1S/C13H24N4/c1-5-12-13(9-16(4)15-12)14-11-6-7-17(8-11)10(2)3/h9-11,14H,5-8H2,1-4H3. The number of hydrogen-bond donors (Lipinski definition) is 1. The smallest absolute Gasteiger partial charge is 0.0853 e.